The van der Waals surface area contributed by atoms with E-state index in [0.29, 0.717) is 17.1 Å². The Morgan fingerprint density at radius 2 is 1.79 bits per heavy atom. The monoisotopic (exact) mass is 350 g/mol. The lowest BCUT2D eigenvalue weighted by Crippen LogP contribution is -2.43. The van der Waals surface area contributed by atoms with Crippen molar-refractivity contribution in [3.63, 3.8) is 0 Å². The van der Waals surface area contributed by atoms with Gasteiger partial charge < -0.3 is 13.9 Å². The molecule has 4 nitrogen and oxygen atoms in total. The van der Waals surface area contributed by atoms with Crippen molar-refractivity contribution in [2.45, 2.75) is 70.4 Å². The fourth-order valence-corrected chi connectivity index (χ4v) is 4.15. The first-order chi connectivity index (χ1) is 11.2. The summed E-state index contributed by atoms with van der Waals surface area (Å²) in [6, 6.07) is 5.25. The Morgan fingerprint density at radius 1 is 1.12 bits per heavy atom. The summed E-state index contributed by atoms with van der Waals surface area (Å²) in [5, 5.41) is 0.216. The third kappa shape index (κ3) is 4.39. The number of benzene rings is 1. The Balaban J connectivity index is 2.01. The van der Waals surface area contributed by atoms with Crippen molar-refractivity contribution in [1.29, 1.82) is 0 Å². The molecule has 2 atom stereocenters. The largest absolute Gasteiger partial charge is 0.493 e. The van der Waals surface area contributed by atoms with Gasteiger partial charge in [-0.3, -0.25) is 4.79 Å². The Morgan fingerprint density at radius 3 is 2.38 bits per heavy atom. The summed E-state index contributed by atoms with van der Waals surface area (Å²) in [5.41, 5.74) is 0.595. The molecule has 0 bridgehead atoms. The van der Waals surface area contributed by atoms with E-state index in [2.05, 4.69) is 33.9 Å². The number of ether oxygens (including phenoxy) is 2. The van der Waals surface area contributed by atoms with Gasteiger partial charge in [0.25, 0.3) is 0 Å². The molecule has 0 aliphatic heterocycles. The SMILES string of the molecule is COc1ccc(C=O)cc1O[C@@H]1CC[C@@H](O[Si](C)(C)C(C)(C)C)C1. The number of aldehydes is 1. The Hall–Kier alpha value is -1.33. The smallest absolute Gasteiger partial charge is 0.192 e. The average Bonchev–Trinajstić information content (AvgIpc) is 2.92. The highest BCUT2D eigenvalue weighted by Gasteiger charge is 2.41. The van der Waals surface area contributed by atoms with Crippen molar-refractivity contribution in [3.05, 3.63) is 23.8 Å². The molecule has 0 amide bonds. The predicted octanol–water partition coefficient (Wildman–Crippen LogP) is 4.83. The van der Waals surface area contributed by atoms with Gasteiger partial charge >= 0.3 is 0 Å². The van der Waals surface area contributed by atoms with Crippen LogP contribution in [0.1, 0.15) is 50.4 Å². The highest BCUT2D eigenvalue weighted by Crippen LogP contribution is 2.40. The predicted molar refractivity (Wildman–Crippen MR) is 98.7 cm³/mol. The van der Waals surface area contributed by atoms with Crippen LogP contribution >= 0.6 is 0 Å². The topological polar surface area (TPSA) is 44.8 Å². The van der Waals surface area contributed by atoms with E-state index in [0.717, 1.165) is 25.5 Å². The number of methoxy groups -OCH3 is 1. The summed E-state index contributed by atoms with van der Waals surface area (Å²) >= 11 is 0. The van der Waals surface area contributed by atoms with Gasteiger partial charge in [-0.15, -0.1) is 0 Å². The summed E-state index contributed by atoms with van der Waals surface area (Å²) < 4.78 is 18.0. The maximum Gasteiger partial charge on any atom is 0.192 e. The molecule has 2 rings (SSSR count). The maximum atomic E-state index is 11.0. The van der Waals surface area contributed by atoms with Crippen molar-refractivity contribution in [2.24, 2.45) is 0 Å². The van der Waals surface area contributed by atoms with Gasteiger partial charge in [-0.2, -0.15) is 0 Å². The lowest BCUT2D eigenvalue weighted by atomic mass is 10.2. The molecule has 1 saturated carbocycles. The van der Waals surface area contributed by atoms with Crippen LogP contribution in [-0.2, 0) is 4.43 Å². The van der Waals surface area contributed by atoms with Crippen LogP contribution in [0.3, 0.4) is 0 Å². The molecule has 1 aromatic rings. The number of rotatable bonds is 6. The molecule has 0 spiro atoms. The van der Waals surface area contributed by atoms with Crippen molar-refractivity contribution >= 4 is 14.6 Å². The van der Waals surface area contributed by atoms with Crippen LogP contribution < -0.4 is 9.47 Å². The van der Waals surface area contributed by atoms with Crippen LogP contribution in [0.5, 0.6) is 11.5 Å². The molecule has 0 radical (unpaired) electrons. The van der Waals surface area contributed by atoms with Gasteiger partial charge in [-0.1, -0.05) is 20.8 Å². The first-order valence-electron chi connectivity index (χ1n) is 8.64. The van der Waals surface area contributed by atoms with Gasteiger partial charge in [-0.05, 0) is 49.2 Å². The number of hydrogen-bond donors (Lipinski definition) is 0. The van der Waals surface area contributed by atoms with Crippen LogP contribution in [-0.4, -0.2) is 33.9 Å². The molecule has 1 aliphatic rings. The van der Waals surface area contributed by atoms with E-state index < -0.39 is 8.32 Å². The van der Waals surface area contributed by atoms with Crippen LogP contribution in [0.2, 0.25) is 18.1 Å². The summed E-state index contributed by atoms with van der Waals surface area (Å²) in [7, 11) is -0.139. The fourth-order valence-electron chi connectivity index (χ4n) is 2.75. The quantitative estimate of drug-likeness (QED) is 0.544. The van der Waals surface area contributed by atoms with E-state index in [1.165, 1.54) is 0 Å². The van der Waals surface area contributed by atoms with Gasteiger partial charge in [-0.25, -0.2) is 0 Å². The number of carbonyl (C=O) groups is 1. The molecule has 1 fully saturated rings. The second-order valence-corrected chi connectivity index (χ2v) is 12.8. The molecule has 1 aromatic carbocycles. The Labute approximate surface area is 146 Å². The minimum atomic E-state index is -1.75. The Kier molecular flexibility index (Phi) is 5.76. The zero-order valence-electron chi connectivity index (χ0n) is 15.7. The minimum absolute atomic E-state index is 0.107. The minimum Gasteiger partial charge on any atom is -0.493 e. The molecular formula is C19H30O4Si. The molecule has 0 N–H and O–H groups in total. The van der Waals surface area contributed by atoms with E-state index in [1.54, 1.807) is 25.3 Å². The molecule has 5 heteroatoms. The molecular weight excluding hydrogens is 320 g/mol. The molecule has 0 unspecified atom stereocenters. The molecule has 0 saturated heterocycles. The first-order valence-corrected chi connectivity index (χ1v) is 11.5. The summed E-state index contributed by atoms with van der Waals surface area (Å²) in [5.74, 6) is 1.30. The van der Waals surface area contributed by atoms with E-state index in [4.69, 9.17) is 13.9 Å². The summed E-state index contributed by atoms with van der Waals surface area (Å²) in [6.07, 6.45) is 4.07. The third-order valence-corrected chi connectivity index (χ3v) is 9.76. The van der Waals surface area contributed by atoms with E-state index >= 15 is 0 Å². The summed E-state index contributed by atoms with van der Waals surface area (Å²) in [4.78, 5) is 11.0. The molecule has 24 heavy (non-hydrogen) atoms. The lowest BCUT2D eigenvalue weighted by Gasteiger charge is -2.38. The van der Waals surface area contributed by atoms with Crippen LogP contribution in [0, 0.1) is 0 Å². The van der Waals surface area contributed by atoms with E-state index in [1.807, 2.05) is 0 Å². The second-order valence-electron chi connectivity index (χ2n) is 8.08. The van der Waals surface area contributed by atoms with Crippen molar-refractivity contribution < 1.29 is 18.7 Å². The maximum absolute atomic E-state index is 11.0. The van der Waals surface area contributed by atoms with Gasteiger partial charge in [0.2, 0.25) is 0 Å². The van der Waals surface area contributed by atoms with Gasteiger partial charge in [0.05, 0.1) is 7.11 Å². The van der Waals surface area contributed by atoms with Crippen molar-refractivity contribution in [1.82, 2.24) is 0 Å². The van der Waals surface area contributed by atoms with Crippen molar-refractivity contribution in [3.8, 4) is 11.5 Å². The lowest BCUT2D eigenvalue weighted by molar-refractivity contribution is 0.112. The van der Waals surface area contributed by atoms with Gasteiger partial charge in [0.1, 0.15) is 12.4 Å². The summed E-state index contributed by atoms with van der Waals surface area (Å²) in [6.45, 7) is 11.4. The van der Waals surface area contributed by atoms with E-state index in [9.17, 15) is 4.79 Å². The Bertz CT molecular complexity index is 577. The van der Waals surface area contributed by atoms with Crippen LogP contribution in [0.25, 0.3) is 0 Å². The van der Waals surface area contributed by atoms with Crippen LogP contribution in [0.4, 0.5) is 0 Å². The fraction of sp³-hybridized carbons (Fsp3) is 0.632. The third-order valence-electron chi connectivity index (χ3n) is 5.22. The number of hydrogen-bond acceptors (Lipinski definition) is 4. The average molecular weight is 351 g/mol. The standard InChI is InChI=1S/C19H30O4Si/c1-19(2,3)24(5,6)23-16-9-8-15(12-16)22-18-11-14(13-20)7-10-17(18)21-4/h7,10-11,13,15-16H,8-9,12H2,1-6H3/t15-,16-/m1/s1. The normalized spacial score (nSPS) is 21.6. The van der Waals surface area contributed by atoms with Crippen molar-refractivity contribution in [2.75, 3.05) is 7.11 Å². The molecule has 1 aliphatic carbocycles. The second kappa shape index (κ2) is 7.27. The van der Waals surface area contributed by atoms with E-state index in [-0.39, 0.29) is 17.2 Å². The van der Waals surface area contributed by atoms with Crippen LogP contribution in [0.15, 0.2) is 18.2 Å². The molecule has 0 aromatic heterocycles. The van der Waals surface area contributed by atoms with Gasteiger partial charge in [0, 0.05) is 18.1 Å². The highest BCUT2D eigenvalue weighted by molar-refractivity contribution is 6.74. The highest BCUT2D eigenvalue weighted by atomic mass is 28.4. The molecule has 134 valence electrons. The number of carbonyl (C=O) groups excluding carboxylic acids is 1. The first kappa shape index (κ1) is 19.0. The zero-order valence-corrected chi connectivity index (χ0v) is 16.7. The zero-order chi connectivity index (χ0) is 18.0. The molecule has 0 heterocycles. The van der Waals surface area contributed by atoms with Gasteiger partial charge in [0.15, 0.2) is 19.8 Å².